The van der Waals surface area contributed by atoms with E-state index in [-0.39, 0.29) is 5.91 Å². The van der Waals surface area contributed by atoms with Crippen molar-refractivity contribution in [2.45, 2.75) is 6.54 Å². The van der Waals surface area contributed by atoms with Crippen LogP contribution in [0.1, 0.15) is 10.6 Å². The number of carbonyl (C=O) groups is 1. The van der Waals surface area contributed by atoms with E-state index in [4.69, 9.17) is 0 Å². The Labute approximate surface area is 144 Å². The van der Waals surface area contributed by atoms with Gasteiger partial charge in [-0.1, -0.05) is 24.3 Å². The van der Waals surface area contributed by atoms with Gasteiger partial charge in [0.1, 0.15) is 0 Å². The van der Waals surface area contributed by atoms with E-state index in [9.17, 15) is 4.79 Å². The predicted molar refractivity (Wildman–Crippen MR) is 98.5 cm³/mol. The van der Waals surface area contributed by atoms with Gasteiger partial charge >= 0.3 is 0 Å². The second kappa shape index (κ2) is 7.66. The van der Waals surface area contributed by atoms with Crippen LogP contribution in [0.5, 0.6) is 0 Å². The van der Waals surface area contributed by atoms with Crippen LogP contribution >= 0.6 is 11.3 Å². The summed E-state index contributed by atoms with van der Waals surface area (Å²) in [6, 6.07) is 11.7. The van der Waals surface area contributed by atoms with Gasteiger partial charge in [0.15, 0.2) is 0 Å². The molecule has 0 saturated heterocycles. The molecule has 0 aliphatic rings. The molecule has 4 nitrogen and oxygen atoms in total. The minimum absolute atomic E-state index is 0.0711. The van der Waals surface area contributed by atoms with Crippen molar-refractivity contribution in [3.8, 4) is 0 Å². The number of thiophene rings is 1. The van der Waals surface area contributed by atoms with Crippen LogP contribution in [0.15, 0.2) is 66.7 Å². The van der Waals surface area contributed by atoms with Gasteiger partial charge < -0.3 is 4.90 Å². The fourth-order valence-electron chi connectivity index (χ4n) is 2.29. The first-order valence-corrected chi connectivity index (χ1v) is 8.46. The molecule has 0 saturated carbocycles. The standard InChI is InChI=1S/C19H17N3OS/c1-2-11-22(14-16-6-5-12-24-16)19(23)10-9-15-13-20-17-7-3-4-8-18(17)21-15/h2-10,12-13H,1,11,14H2/b10-9+. The van der Waals surface area contributed by atoms with E-state index in [2.05, 4.69) is 16.5 Å². The van der Waals surface area contributed by atoms with E-state index < -0.39 is 0 Å². The van der Waals surface area contributed by atoms with Crippen molar-refractivity contribution in [2.75, 3.05) is 6.54 Å². The van der Waals surface area contributed by atoms with Crippen LogP contribution in [0.3, 0.4) is 0 Å². The molecule has 0 fully saturated rings. The van der Waals surface area contributed by atoms with Crippen LogP contribution in [0, 0.1) is 0 Å². The maximum atomic E-state index is 12.4. The summed E-state index contributed by atoms with van der Waals surface area (Å²) in [5, 5.41) is 2.01. The van der Waals surface area contributed by atoms with Gasteiger partial charge in [-0.2, -0.15) is 0 Å². The van der Waals surface area contributed by atoms with Gasteiger partial charge in [-0.3, -0.25) is 9.78 Å². The first-order valence-electron chi connectivity index (χ1n) is 7.58. The van der Waals surface area contributed by atoms with Crippen molar-refractivity contribution < 1.29 is 4.79 Å². The van der Waals surface area contributed by atoms with E-state index in [1.165, 1.54) is 6.08 Å². The SMILES string of the molecule is C=CCN(Cc1cccs1)C(=O)/C=C/c1cnc2ccccc2n1. The summed E-state index contributed by atoms with van der Waals surface area (Å²) >= 11 is 1.64. The highest BCUT2D eigenvalue weighted by Gasteiger charge is 2.10. The maximum Gasteiger partial charge on any atom is 0.247 e. The van der Waals surface area contributed by atoms with Crippen molar-refractivity contribution >= 4 is 34.4 Å². The number of nitrogens with zero attached hydrogens (tertiary/aromatic N) is 3. The largest absolute Gasteiger partial charge is 0.330 e. The van der Waals surface area contributed by atoms with Crippen molar-refractivity contribution in [1.82, 2.24) is 14.9 Å². The Kier molecular flexibility index (Phi) is 5.13. The predicted octanol–water partition coefficient (Wildman–Crippen LogP) is 3.92. The number of rotatable bonds is 6. The number of hydrogen-bond donors (Lipinski definition) is 0. The topological polar surface area (TPSA) is 46.1 Å². The molecule has 0 unspecified atom stereocenters. The lowest BCUT2D eigenvalue weighted by atomic mass is 10.3. The highest BCUT2D eigenvalue weighted by atomic mass is 32.1. The Hall–Kier alpha value is -2.79. The van der Waals surface area contributed by atoms with E-state index >= 15 is 0 Å². The molecule has 1 aromatic carbocycles. The van der Waals surface area contributed by atoms with E-state index in [0.29, 0.717) is 18.8 Å². The van der Waals surface area contributed by atoms with Gasteiger partial charge in [0, 0.05) is 17.5 Å². The first-order chi connectivity index (χ1) is 11.8. The fraction of sp³-hybridized carbons (Fsp3) is 0.105. The molecule has 0 radical (unpaired) electrons. The highest BCUT2D eigenvalue weighted by molar-refractivity contribution is 7.09. The van der Waals surface area contributed by atoms with Crippen LogP contribution < -0.4 is 0 Å². The van der Waals surface area contributed by atoms with Gasteiger partial charge in [0.25, 0.3) is 0 Å². The molecular weight excluding hydrogens is 318 g/mol. The number of hydrogen-bond acceptors (Lipinski definition) is 4. The van der Waals surface area contributed by atoms with Crippen molar-refractivity contribution in [2.24, 2.45) is 0 Å². The minimum atomic E-state index is -0.0711. The molecule has 24 heavy (non-hydrogen) atoms. The number of aromatic nitrogens is 2. The summed E-state index contributed by atoms with van der Waals surface area (Å²) in [5.74, 6) is -0.0711. The first kappa shape index (κ1) is 16.1. The molecule has 0 N–H and O–H groups in total. The van der Waals surface area contributed by atoms with Gasteiger partial charge in [-0.05, 0) is 29.7 Å². The molecule has 0 aliphatic heterocycles. The monoisotopic (exact) mass is 335 g/mol. The lowest BCUT2D eigenvalue weighted by Gasteiger charge is -2.18. The van der Waals surface area contributed by atoms with Crippen molar-refractivity contribution in [3.63, 3.8) is 0 Å². The quantitative estimate of drug-likeness (QED) is 0.507. The smallest absolute Gasteiger partial charge is 0.247 e. The van der Waals surface area contributed by atoms with Crippen molar-refractivity contribution in [3.05, 3.63) is 77.3 Å². The highest BCUT2D eigenvalue weighted by Crippen LogP contribution is 2.13. The zero-order chi connectivity index (χ0) is 16.8. The summed E-state index contributed by atoms with van der Waals surface area (Å²) < 4.78 is 0. The molecular formula is C19H17N3OS. The molecule has 120 valence electrons. The Balaban J connectivity index is 1.74. The number of carbonyl (C=O) groups excluding carboxylic acids is 1. The van der Waals surface area contributed by atoms with Crippen LogP contribution in [0.4, 0.5) is 0 Å². The zero-order valence-corrected chi connectivity index (χ0v) is 13.9. The molecule has 2 heterocycles. The number of amides is 1. The summed E-state index contributed by atoms with van der Waals surface area (Å²) in [4.78, 5) is 24.2. The lowest BCUT2D eigenvalue weighted by Crippen LogP contribution is -2.28. The lowest BCUT2D eigenvalue weighted by molar-refractivity contribution is -0.126. The Morgan fingerprint density at radius 1 is 1.21 bits per heavy atom. The van der Waals surface area contributed by atoms with Gasteiger partial charge in [0.2, 0.25) is 5.91 Å². The Morgan fingerprint density at radius 3 is 2.79 bits per heavy atom. The molecule has 0 bridgehead atoms. The second-order valence-corrected chi connectivity index (χ2v) is 6.24. The second-order valence-electron chi connectivity index (χ2n) is 5.20. The van der Waals surface area contributed by atoms with Gasteiger partial charge in [-0.25, -0.2) is 4.98 Å². The Bertz CT molecular complexity index is 871. The number of para-hydroxylation sites is 2. The average Bonchev–Trinajstić information content (AvgIpc) is 3.12. The molecule has 0 atom stereocenters. The van der Waals surface area contributed by atoms with E-state index in [1.54, 1.807) is 34.6 Å². The van der Waals surface area contributed by atoms with E-state index in [0.717, 1.165) is 15.9 Å². The summed E-state index contributed by atoms with van der Waals surface area (Å²) in [6.45, 7) is 4.81. The summed E-state index contributed by atoms with van der Waals surface area (Å²) in [6.07, 6.45) is 6.64. The number of fused-ring (bicyclic) bond motifs is 1. The van der Waals surface area contributed by atoms with Crippen LogP contribution in [-0.2, 0) is 11.3 Å². The van der Waals surface area contributed by atoms with Crippen LogP contribution in [-0.4, -0.2) is 27.3 Å². The molecule has 0 aliphatic carbocycles. The van der Waals surface area contributed by atoms with Gasteiger partial charge in [0.05, 0.1) is 29.5 Å². The molecule has 0 spiro atoms. The third kappa shape index (κ3) is 3.94. The van der Waals surface area contributed by atoms with E-state index in [1.807, 2.05) is 41.8 Å². The van der Waals surface area contributed by atoms with Gasteiger partial charge in [-0.15, -0.1) is 17.9 Å². The molecule has 3 rings (SSSR count). The Morgan fingerprint density at radius 2 is 2.04 bits per heavy atom. The molecule has 3 aromatic rings. The number of benzene rings is 1. The normalized spacial score (nSPS) is 11.0. The minimum Gasteiger partial charge on any atom is -0.330 e. The zero-order valence-electron chi connectivity index (χ0n) is 13.1. The third-order valence-electron chi connectivity index (χ3n) is 3.45. The van der Waals surface area contributed by atoms with Crippen LogP contribution in [0.25, 0.3) is 17.1 Å². The maximum absolute atomic E-state index is 12.4. The molecule has 2 aromatic heterocycles. The van der Waals surface area contributed by atoms with Crippen molar-refractivity contribution in [1.29, 1.82) is 0 Å². The van der Waals surface area contributed by atoms with Crippen LogP contribution in [0.2, 0.25) is 0 Å². The summed E-state index contributed by atoms with van der Waals surface area (Å²) in [7, 11) is 0. The average molecular weight is 335 g/mol. The fourth-order valence-corrected chi connectivity index (χ4v) is 3.01. The molecule has 1 amide bonds. The summed E-state index contributed by atoms with van der Waals surface area (Å²) in [5.41, 5.74) is 2.32. The molecule has 5 heteroatoms. The third-order valence-corrected chi connectivity index (χ3v) is 4.31.